The Hall–Kier alpha value is -1.73. The van der Waals surface area contributed by atoms with Crippen LogP contribution in [0.1, 0.15) is 11.1 Å². The van der Waals surface area contributed by atoms with Crippen LogP contribution in [0.4, 0.5) is 4.39 Å². The second-order valence-corrected chi connectivity index (χ2v) is 5.03. The summed E-state index contributed by atoms with van der Waals surface area (Å²) in [5.41, 5.74) is 6.65. The molecule has 0 saturated heterocycles. The van der Waals surface area contributed by atoms with Gasteiger partial charge in [0.25, 0.3) is 0 Å². The Bertz CT molecular complexity index is 707. The molecule has 0 bridgehead atoms. The zero-order chi connectivity index (χ0) is 15.2. The fourth-order valence-electron chi connectivity index (χ4n) is 1.67. The third kappa shape index (κ3) is 4.64. The molecule has 21 heavy (non-hydrogen) atoms. The molecule has 0 saturated carbocycles. The van der Waals surface area contributed by atoms with Gasteiger partial charge >= 0.3 is 0 Å². The van der Waals surface area contributed by atoms with Crippen LogP contribution in [-0.4, -0.2) is 6.54 Å². The van der Waals surface area contributed by atoms with Crippen LogP contribution < -0.4 is 10.5 Å². The Morgan fingerprint density at radius 3 is 2.62 bits per heavy atom. The first-order valence-corrected chi connectivity index (χ1v) is 6.90. The van der Waals surface area contributed by atoms with Crippen LogP contribution in [-0.2, 0) is 6.61 Å². The van der Waals surface area contributed by atoms with Crippen molar-refractivity contribution >= 4 is 23.2 Å². The van der Waals surface area contributed by atoms with Gasteiger partial charge < -0.3 is 10.5 Å². The Balaban J connectivity index is 2.12. The Kier molecular flexibility index (Phi) is 5.46. The van der Waals surface area contributed by atoms with Crippen LogP contribution in [0.15, 0.2) is 36.4 Å². The maximum absolute atomic E-state index is 13.5. The molecule has 0 amide bonds. The van der Waals surface area contributed by atoms with E-state index in [0.29, 0.717) is 21.4 Å². The van der Waals surface area contributed by atoms with E-state index in [1.54, 1.807) is 24.3 Å². The summed E-state index contributed by atoms with van der Waals surface area (Å²) in [6, 6.07) is 9.47. The highest BCUT2D eigenvalue weighted by Crippen LogP contribution is 2.24. The molecule has 0 spiro atoms. The predicted octanol–water partition coefficient (Wildman–Crippen LogP) is 4.02. The number of rotatable bonds is 3. The molecule has 5 heteroatoms. The van der Waals surface area contributed by atoms with Crippen molar-refractivity contribution in [2.24, 2.45) is 5.73 Å². The van der Waals surface area contributed by atoms with Gasteiger partial charge in [-0.15, -0.1) is 0 Å². The van der Waals surface area contributed by atoms with E-state index < -0.39 is 5.82 Å². The number of benzene rings is 2. The molecule has 0 aromatic heterocycles. The maximum atomic E-state index is 13.5. The summed E-state index contributed by atoms with van der Waals surface area (Å²) in [5, 5.41) is 0.928. The minimum absolute atomic E-state index is 0.218. The van der Waals surface area contributed by atoms with Gasteiger partial charge in [-0.1, -0.05) is 41.1 Å². The van der Waals surface area contributed by atoms with Gasteiger partial charge in [-0.05, 0) is 29.8 Å². The lowest BCUT2D eigenvalue weighted by molar-refractivity contribution is 0.304. The first kappa shape index (κ1) is 15.7. The molecule has 2 nitrogen and oxygen atoms in total. The molecular weight excluding hydrogens is 312 g/mol. The van der Waals surface area contributed by atoms with Gasteiger partial charge in [0.2, 0.25) is 0 Å². The summed E-state index contributed by atoms with van der Waals surface area (Å²) in [5.74, 6) is 5.41. The third-order valence-electron chi connectivity index (χ3n) is 2.60. The molecule has 0 unspecified atom stereocenters. The van der Waals surface area contributed by atoms with E-state index in [2.05, 4.69) is 11.8 Å². The molecule has 0 aliphatic heterocycles. The van der Waals surface area contributed by atoms with Gasteiger partial charge in [-0.25, -0.2) is 4.39 Å². The summed E-state index contributed by atoms with van der Waals surface area (Å²) < 4.78 is 19.0. The zero-order valence-corrected chi connectivity index (χ0v) is 12.5. The molecule has 2 aromatic rings. The average Bonchev–Trinajstić information content (AvgIpc) is 2.46. The Morgan fingerprint density at radius 2 is 1.90 bits per heavy atom. The standard InChI is InChI=1S/C16H12Cl2FNO/c17-15-4-3-12(8-16(15)18)10-21-14-7-11(2-1-5-20)6-13(19)9-14/h3-4,6-9H,5,10,20H2. The largest absolute Gasteiger partial charge is 0.489 e. The Labute approximate surface area is 132 Å². The van der Waals surface area contributed by atoms with Crippen molar-refractivity contribution < 1.29 is 9.13 Å². The first-order chi connectivity index (χ1) is 10.1. The van der Waals surface area contributed by atoms with E-state index in [0.717, 1.165) is 5.56 Å². The third-order valence-corrected chi connectivity index (χ3v) is 3.33. The topological polar surface area (TPSA) is 35.2 Å². The predicted molar refractivity (Wildman–Crippen MR) is 83.1 cm³/mol. The zero-order valence-electron chi connectivity index (χ0n) is 11.0. The van der Waals surface area contributed by atoms with Crippen molar-refractivity contribution in [1.29, 1.82) is 0 Å². The summed E-state index contributed by atoms with van der Waals surface area (Å²) in [7, 11) is 0. The van der Waals surface area contributed by atoms with Crippen LogP contribution in [0.2, 0.25) is 10.0 Å². The van der Waals surface area contributed by atoms with Crippen LogP contribution in [0, 0.1) is 17.7 Å². The highest BCUT2D eigenvalue weighted by molar-refractivity contribution is 6.42. The maximum Gasteiger partial charge on any atom is 0.128 e. The van der Waals surface area contributed by atoms with Gasteiger partial charge in [0.15, 0.2) is 0 Å². The van der Waals surface area contributed by atoms with Gasteiger partial charge in [0.1, 0.15) is 18.2 Å². The van der Waals surface area contributed by atoms with Crippen molar-refractivity contribution in [3.8, 4) is 17.6 Å². The van der Waals surface area contributed by atoms with Crippen molar-refractivity contribution in [2.75, 3.05) is 6.54 Å². The fourth-order valence-corrected chi connectivity index (χ4v) is 1.99. The van der Waals surface area contributed by atoms with Crippen LogP contribution in [0.5, 0.6) is 5.75 Å². The quantitative estimate of drug-likeness (QED) is 0.866. The highest BCUT2D eigenvalue weighted by atomic mass is 35.5. The second kappa shape index (κ2) is 7.33. The molecule has 108 valence electrons. The normalized spacial score (nSPS) is 9.90. The SMILES string of the molecule is NCC#Cc1cc(F)cc(OCc2ccc(Cl)c(Cl)c2)c1. The number of hydrogen-bond acceptors (Lipinski definition) is 2. The minimum atomic E-state index is -0.414. The van der Waals surface area contributed by atoms with Crippen LogP contribution in [0.3, 0.4) is 0 Å². The average molecular weight is 324 g/mol. The molecule has 2 rings (SSSR count). The summed E-state index contributed by atoms with van der Waals surface area (Å²) in [6.07, 6.45) is 0. The first-order valence-electron chi connectivity index (χ1n) is 6.15. The smallest absolute Gasteiger partial charge is 0.128 e. The van der Waals surface area contributed by atoms with E-state index in [1.807, 2.05) is 0 Å². The fraction of sp³-hybridized carbons (Fsp3) is 0.125. The summed E-state index contributed by atoms with van der Waals surface area (Å²) in [4.78, 5) is 0. The Morgan fingerprint density at radius 1 is 1.10 bits per heavy atom. The van der Waals surface area contributed by atoms with E-state index in [1.165, 1.54) is 12.1 Å². The number of halogens is 3. The van der Waals surface area contributed by atoms with Crippen molar-refractivity contribution in [1.82, 2.24) is 0 Å². The number of hydrogen-bond donors (Lipinski definition) is 1. The van der Waals surface area contributed by atoms with Gasteiger partial charge in [-0.3, -0.25) is 0 Å². The lowest BCUT2D eigenvalue weighted by Gasteiger charge is -2.08. The van der Waals surface area contributed by atoms with Gasteiger partial charge in [0, 0.05) is 11.6 Å². The second-order valence-electron chi connectivity index (χ2n) is 4.22. The van der Waals surface area contributed by atoms with E-state index in [9.17, 15) is 4.39 Å². The number of ether oxygens (including phenoxy) is 1. The van der Waals surface area contributed by atoms with E-state index in [-0.39, 0.29) is 13.2 Å². The lowest BCUT2D eigenvalue weighted by Crippen LogP contribution is -1.97. The molecular formula is C16H12Cl2FNO. The van der Waals surface area contributed by atoms with Gasteiger partial charge in [-0.2, -0.15) is 0 Å². The minimum Gasteiger partial charge on any atom is -0.489 e. The summed E-state index contributed by atoms with van der Waals surface area (Å²) in [6.45, 7) is 0.472. The lowest BCUT2D eigenvalue weighted by atomic mass is 10.2. The molecule has 2 aromatic carbocycles. The highest BCUT2D eigenvalue weighted by Gasteiger charge is 2.03. The molecule has 0 heterocycles. The molecule has 0 aliphatic rings. The molecule has 0 radical (unpaired) electrons. The van der Waals surface area contributed by atoms with Crippen molar-refractivity contribution in [3.05, 3.63) is 63.4 Å². The molecule has 0 fully saturated rings. The van der Waals surface area contributed by atoms with E-state index >= 15 is 0 Å². The van der Waals surface area contributed by atoms with Crippen molar-refractivity contribution in [3.63, 3.8) is 0 Å². The summed E-state index contributed by atoms with van der Waals surface area (Å²) >= 11 is 11.8. The van der Waals surface area contributed by atoms with E-state index in [4.69, 9.17) is 33.7 Å². The van der Waals surface area contributed by atoms with Gasteiger partial charge in [0.05, 0.1) is 16.6 Å². The van der Waals surface area contributed by atoms with Crippen molar-refractivity contribution in [2.45, 2.75) is 6.61 Å². The molecule has 2 N–H and O–H groups in total. The monoisotopic (exact) mass is 323 g/mol. The number of nitrogens with two attached hydrogens (primary N) is 1. The molecule has 0 aliphatic carbocycles. The van der Waals surface area contributed by atoms with Crippen LogP contribution >= 0.6 is 23.2 Å². The molecule has 0 atom stereocenters. The van der Waals surface area contributed by atoms with Crippen LogP contribution in [0.25, 0.3) is 0 Å².